The predicted octanol–water partition coefficient (Wildman–Crippen LogP) is 3.75. The SMILES string of the molecule is Nc1c(Nc2ccc(I)cc2)ncnc1-n1cnc2ccccc21. The van der Waals surface area contributed by atoms with Crippen LogP contribution < -0.4 is 11.1 Å². The molecule has 24 heavy (non-hydrogen) atoms. The number of anilines is 3. The minimum Gasteiger partial charge on any atom is -0.393 e. The monoisotopic (exact) mass is 428 g/mol. The highest BCUT2D eigenvalue weighted by Gasteiger charge is 2.12. The van der Waals surface area contributed by atoms with Crippen LogP contribution in [0.5, 0.6) is 0 Å². The normalized spacial score (nSPS) is 10.9. The van der Waals surface area contributed by atoms with E-state index in [9.17, 15) is 0 Å². The van der Waals surface area contributed by atoms with E-state index in [0.29, 0.717) is 17.3 Å². The Labute approximate surface area is 151 Å². The van der Waals surface area contributed by atoms with Gasteiger partial charge in [-0.25, -0.2) is 15.0 Å². The number of nitrogens with two attached hydrogens (primary N) is 1. The van der Waals surface area contributed by atoms with Crippen molar-refractivity contribution in [2.45, 2.75) is 0 Å². The highest BCUT2D eigenvalue weighted by atomic mass is 127. The van der Waals surface area contributed by atoms with Crippen molar-refractivity contribution in [2.75, 3.05) is 11.1 Å². The maximum absolute atomic E-state index is 6.31. The number of rotatable bonds is 3. The molecule has 4 aromatic rings. The summed E-state index contributed by atoms with van der Waals surface area (Å²) >= 11 is 2.27. The number of nitrogen functional groups attached to an aromatic ring is 1. The summed E-state index contributed by atoms with van der Waals surface area (Å²) in [4.78, 5) is 13.0. The molecule has 0 amide bonds. The summed E-state index contributed by atoms with van der Waals surface area (Å²) in [5.74, 6) is 1.17. The molecule has 2 aromatic heterocycles. The van der Waals surface area contributed by atoms with Crippen LogP contribution in [0.4, 0.5) is 17.2 Å². The van der Waals surface area contributed by atoms with Crippen molar-refractivity contribution >= 4 is 50.8 Å². The molecule has 0 aliphatic carbocycles. The number of fused-ring (bicyclic) bond motifs is 1. The quantitative estimate of drug-likeness (QED) is 0.486. The summed E-state index contributed by atoms with van der Waals surface area (Å²) in [6.07, 6.45) is 3.22. The molecule has 7 heteroatoms. The van der Waals surface area contributed by atoms with E-state index in [4.69, 9.17) is 5.73 Å². The van der Waals surface area contributed by atoms with Crippen molar-refractivity contribution in [1.29, 1.82) is 0 Å². The van der Waals surface area contributed by atoms with Gasteiger partial charge in [0.25, 0.3) is 0 Å². The van der Waals surface area contributed by atoms with Crippen molar-refractivity contribution in [2.24, 2.45) is 0 Å². The van der Waals surface area contributed by atoms with Gasteiger partial charge in [-0.05, 0) is 59.0 Å². The fraction of sp³-hybridized carbons (Fsp3) is 0. The van der Waals surface area contributed by atoms with E-state index in [1.54, 1.807) is 6.33 Å². The maximum atomic E-state index is 6.31. The Bertz CT molecular complexity index is 1010. The molecule has 0 spiro atoms. The van der Waals surface area contributed by atoms with Crippen molar-refractivity contribution < 1.29 is 0 Å². The van der Waals surface area contributed by atoms with Crippen LogP contribution in [0.1, 0.15) is 0 Å². The van der Waals surface area contributed by atoms with Gasteiger partial charge < -0.3 is 11.1 Å². The lowest BCUT2D eigenvalue weighted by Crippen LogP contribution is -2.07. The molecule has 118 valence electrons. The fourth-order valence-corrected chi connectivity index (χ4v) is 2.84. The van der Waals surface area contributed by atoms with E-state index in [2.05, 4.69) is 42.9 Å². The molecular weight excluding hydrogens is 415 g/mol. The molecule has 0 unspecified atom stereocenters. The maximum Gasteiger partial charge on any atom is 0.167 e. The van der Waals surface area contributed by atoms with Gasteiger partial charge >= 0.3 is 0 Å². The number of hydrogen-bond acceptors (Lipinski definition) is 5. The third-order valence-corrected chi connectivity index (χ3v) is 4.37. The Morgan fingerprint density at radius 2 is 1.75 bits per heavy atom. The molecule has 4 rings (SSSR count). The van der Waals surface area contributed by atoms with Gasteiger partial charge in [-0.15, -0.1) is 0 Å². The lowest BCUT2D eigenvalue weighted by atomic mass is 10.3. The minimum atomic E-state index is 0.471. The second-order valence-electron chi connectivity index (χ2n) is 5.19. The van der Waals surface area contributed by atoms with Crippen LogP contribution in [0.15, 0.2) is 61.2 Å². The molecule has 2 heterocycles. The summed E-state index contributed by atoms with van der Waals surface area (Å²) in [6.45, 7) is 0. The highest BCUT2D eigenvalue weighted by Crippen LogP contribution is 2.27. The summed E-state index contributed by atoms with van der Waals surface area (Å²) in [7, 11) is 0. The summed E-state index contributed by atoms with van der Waals surface area (Å²) in [5.41, 5.74) is 9.53. The first-order valence-corrected chi connectivity index (χ1v) is 8.36. The predicted molar refractivity (Wildman–Crippen MR) is 104 cm³/mol. The third kappa shape index (κ3) is 2.67. The number of nitrogens with zero attached hydrogens (tertiary/aromatic N) is 4. The topological polar surface area (TPSA) is 81.6 Å². The first-order valence-electron chi connectivity index (χ1n) is 7.28. The van der Waals surface area contributed by atoms with Gasteiger partial charge in [-0.3, -0.25) is 4.57 Å². The zero-order valence-electron chi connectivity index (χ0n) is 12.5. The third-order valence-electron chi connectivity index (χ3n) is 3.65. The first kappa shape index (κ1) is 14.9. The molecule has 0 atom stereocenters. The van der Waals surface area contributed by atoms with Crippen LogP contribution in [-0.4, -0.2) is 19.5 Å². The molecule has 0 aliphatic rings. The van der Waals surface area contributed by atoms with Crippen LogP contribution in [0.2, 0.25) is 0 Å². The van der Waals surface area contributed by atoms with Crippen LogP contribution in [0.3, 0.4) is 0 Å². The van der Waals surface area contributed by atoms with Gasteiger partial charge in [-0.2, -0.15) is 0 Å². The van der Waals surface area contributed by atoms with Crippen LogP contribution in [-0.2, 0) is 0 Å². The number of nitrogens with one attached hydrogen (secondary N) is 1. The van der Waals surface area contributed by atoms with Gasteiger partial charge in [0.15, 0.2) is 11.6 Å². The second-order valence-corrected chi connectivity index (χ2v) is 6.44. The summed E-state index contributed by atoms with van der Waals surface area (Å²) in [6, 6.07) is 15.8. The number of imidazole rings is 1. The van der Waals surface area contributed by atoms with Crippen molar-refractivity contribution in [3.8, 4) is 5.82 Å². The smallest absolute Gasteiger partial charge is 0.167 e. The minimum absolute atomic E-state index is 0.471. The van der Waals surface area contributed by atoms with Gasteiger partial charge in [0.05, 0.1) is 11.0 Å². The Morgan fingerprint density at radius 3 is 2.58 bits per heavy atom. The molecule has 3 N–H and O–H groups in total. The number of para-hydroxylation sites is 2. The fourth-order valence-electron chi connectivity index (χ4n) is 2.48. The van der Waals surface area contributed by atoms with Gasteiger partial charge in [-0.1, -0.05) is 12.1 Å². The lowest BCUT2D eigenvalue weighted by Gasteiger charge is -2.12. The van der Waals surface area contributed by atoms with Crippen molar-refractivity contribution in [3.63, 3.8) is 0 Å². The van der Waals surface area contributed by atoms with Gasteiger partial charge in [0.2, 0.25) is 0 Å². The van der Waals surface area contributed by atoms with Crippen LogP contribution in [0, 0.1) is 3.57 Å². The molecule has 6 nitrogen and oxygen atoms in total. The van der Waals surface area contributed by atoms with E-state index >= 15 is 0 Å². The molecule has 0 fully saturated rings. The largest absolute Gasteiger partial charge is 0.393 e. The Kier molecular flexibility index (Phi) is 3.77. The van der Waals surface area contributed by atoms with Crippen molar-refractivity contribution in [1.82, 2.24) is 19.5 Å². The van der Waals surface area contributed by atoms with Gasteiger partial charge in [0.1, 0.15) is 18.3 Å². The molecule has 0 bridgehead atoms. The standard InChI is InChI=1S/C17H13IN6/c18-11-5-7-12(8-6-11)23-16-15(19)17(21-9-20-16)24-10-22-13-3-1-2-4-14(13)24/h1-10H,19H2,(H,20,21,23). The molecule has 0 aliphatic heterocycles. The van der Waals surface area contributed by atoms with Crippen molar-refractivity contribution in [3.05, 3.63) is 64.8 Å². The van der Waals surface area contributed by atoms with E-state index in [-0.39, 0.29) is 0 Å². The molecule has 0 radical (unpaired) electrons. The lowest BCUT2D eigenvalue weighted by molar-refractivity contribution is 1.00. The zero-order chi connectivity index (χ0) is 16.5. The molecule has 2 aromatic carbocycles. The summed E-state index contributed by atoms with van der Waals surface area (Å²) in [5, 5.41) is 3.24. The Balaban J connectivity index is 1.77. The first-order chi connectivity index (χ1) is 11.7. The van der Waals surface area contributed by atoms with Crippen LogP contribution >= 0.6 is 22.6 Å². The van der Waals surface area contributed by atoms with E-state index in [0.717, 1.165) is 16.7 Å². The average Bonchev–Trinajstić information content (AvgIpc) is 3.03. The number of hydrogen-bond donors (Lipinski definition) is 2. The van der Waals surface area contributed by atoms with E-state index in [1.165, 1.54) is 9.90 Å². The number of halogens is 1. The Morgan fingerprint density at radius 1 is 0.958 bits per heavy atom. The number of aromatic nitrogens is 4. The van der Waals surface area contributed by atoms with E-state index < -0.39 is 0 Å². The molecule has 0 saturated carbocycles. The second kappa shape index (κ2) is 6.08. The number of benzene rings is 2. The Hall–Kier alpha value is -2.68. The highest BCUT2D eigenvalue weighted by molar-refractivity contribution is 14.1. The molecular formula is C17H13IN6. The van der Waals surface area contributed by atoms with E-state index in [1.807, 2.05) is 53.1 Å². The zero-order valence-corrected chi connectivity index (χ0v) is 14.7. The molecule has 0 saturated heterocycles. The van der Waals surface area contributed by atoms with Gasteiger partial charge in [0, 0.05) is 9.26 Å². The summed E-state index contributed by atoms with van der Waals surface area (Å²) < 4.78 is 3.03. The average molecular weight is 428 g/mol. The van der Waals surface area contributed by atoms with Crippen LogP contribution in [0.25, 0.3) is 16.9 Å².